The first kappa shape index (κ1) is 14.6. The maximum absolute atomic E-state index is 6.26. The number of nitrogens with one attached hydrogen (secondary N) is 2. The molecule has 0 spiro atoms. The summed E-state index contributed by atoms with van der Waals surface area (Å²) in [5, 5.41) is 7.08. The van der Waals surface area contributed by atoms with E-state index in [9.17, 15) is 0 Å². The van der Waals surface area contributed by atoms with E-state index in [1.54, 1.807) is 0 Å². The molecule has 0 amide bonds. The molecule has 0 radical (unpaired) electrons. The standard InChI is InChI=1S/C15H19ClN4/c1-5-13-19-14(17-4)10(3)15(20-13)18-12-7-6-9(2)8-11(12)16/h6-8H,5H2,1-4H3,(H2,17,18,19,20). The highest BCUT2D eigenvalue weighted by atomic mass is 35.5. The van der Waals surface area contributed by atoms with Crippen LogP contribution in [0.1, 0.15) is 23.9 Å². The van der Waals surface area contributed by atoms with E-state index in [4.69, 9.17) is 11.6 Å². The molecule has 0 aliphatic carbocycles. The van der Waals surface area contributed by atoms with Crippen LogP contribution in [0.5, 0.6) is 0 Å². The third-order valence-electron chi connectivity index (χ3n) is 3.12. The van der Waals surface area contributed by atoms with Crippen LogP contribution in [0.4, 0.5) is 17.3 Å². The molecule has 0 fully saturated rings. The van der Waals surface area contributed by atoms with Gasteiger partial charge in [-0.25, -0.2) is 9.97 Å². The maximum Gasteiger partial charge on any atom is 0.139 e. The van der Waals surface area contributed by atoms with Crippen LogP contribution in [0.3, 0.4) is 0 Å². The predicted octanol–water partition coefficient (Wildman–Crippen LogP) is 4.09. The molecule has 106 valence electrons. The van der Waals surface area contributed by atoms with Gasteiger partial charge in [-0.3, -0.25) is 0 Å². The SMILES string of the molecule is CCc1nc(NC)c(C)c(Nc2ccc(C)cc2Cl)n1. The normalized spacial score (nSPS) is 10.4. The Hall–Kier alpha value is -1.81. The quantitative estimate of drug-likeness (QED) is 0.890. The van der Waals surface area contributed by atoms with Crippen molar-refractivity contribution in [3.8, 4) is 0 Å². The van der Waals surface area contributed by atoms with Crippen LogP contribution in [-0.4, -0.2) is 17.0 Å². The van der Waals surface area contributed by atoms with E-state index in [0.29, 0.717) is 5.02 Å². The first-order valence-electron chi connectivity index (χ1n) is 6.63. The molecular weight excluding hydrogens is 272 g/mol. The van der Waals surface area contributed by atoms with Crippen LogP contribution < -0.4 is 10.6 Å². The summed E-state index contributed by atoms with van der Waals surface area (Å²) in [6.45, 7) is 6.03. The number of hydrogen-bond acceptors (Lipinski definition) is 4. The van der Waals surface area contributed by atoms with E-state index in [2.05, 4.69) is 20.6 Å². The summed E-state index contributed by atoms with van der Waals surface area (Å²) in [5.74, 6) is 2.42. The third-order valence-corrected chi connectivity index (χ3v) is 3.44. The van der Waals surface area contributed by atoms with Crippen LogP contribution in [0, 0.1) is 13.8 Å². The number of nitrogens with zero attached hydrogens (tertiary/aromatic N) is 2. The Bertz CT molecular complexity index is 626. The van der Waals surface area contributed by atoms with Gasteiger partial charge < -0.3 is 10.6 Å². The van der Waals surface area contributed by atoms with Crippen molar-refractivity contribution < 1.29 is 0 Å². The van der Waals surface area contributed by atoms with Crippen molar-refractivity contribution in [3.05, 3.63) is 40.2 Å². The zero-order valence-corrected chi connectivity index (χ0v) is 13.0. The molecule has 0 saturated carbocycles. The van der Waals surface area contributed by atoms with Crippen molar-refractivity contribution in [2.45, 2.75) is 27.2 Å². The molecule has 0 saturated heterocycles. The number of anilines is 3. The molecule has 20 heavy (non-hydrogen) atoms. The van der Waals surface area contributed by atoms with Gasteiger partial charge in [0.1, 0.15) is 17.5 Å². The molecule has 0 atom stereocenters. The van der Waals surface area contributed by atoms with Crippen molar-refractivity contribution in [2.24, 2.45) is 0 Å². The van der Waals surface area contributed by atoms with Gasteiger partial charge in [-0.15, -0.1) is 0 Å². The second kappa shape index (κ2) is 6.09. The Morgan fingerprint density at radius 3 is 2.45 bits per heavy atom. The Kier molecular flexibility index (Phi) is 4.45. The Morgan fingerprint density at radius 2 is 1.85 bits per heavy atom. The molecule has 0 bridgehead atoms. The zero-order valence-electron chi connectivity index (χ0n) is 12.2. The van der Waals surface area contributed by atoms with Gasteiger partial charge in [0.25, 0.3) is 0 Å². The summed E-state index contributed by atoms with van der Waals surface area (Å²) in [6.07, 6.45) is 0.783. The lowest BCUT2D eigenvalue weighted by Crippen LogP contribution is -2.07. The highest BCUT2D eigenvalue weighted by Gasteiger charge is 2.10. The van der Waals surface area contributed by atoms with Gasteiger partial charge in [-0.1, -0.05) is 24.6 Å². The Labute approximate surface area is 124 Å². The molecule has 0 aliphatic rings. The number of aryl methyl sites for hydroxylation is 2. The van der Waals surface area contributed by atoms with Crippen molar-refractivity contribution >= 4 is 28.9 Å². The monoisotopic (exact) mass is 290 g/mol. The minimum Gasteiger partial charge on any atom is -0.373 e. The largest absolute Gasteiger partial charge is 0.373 e. The molecule has 2 aromatic rings. The van der Waals surface area contributed by atoms with Crippen molar-refractivity contribution in [1.82, 2.24) is 9.97 Å². The fourth-order valence-electron chi connectivity index (χ4n) is 1.94. The molecule has 0 aliphatic heterocycles. The Balaban J connectivity index is 2.42. The average Bonchev–Trinajstić information content (AvgIpc) is 2.43. The summed E-state index contributed by atoms with van der Waals surface area (Å²) in [7, 11) is 1.86. The zero-order chi connectivity index (χ0) is 14.7. The highest BCUT2D eigenvalue weighted by molar-refractivity contribution is 6.33. The van der Waals surface area contributed by atoms with Gasteiger partial charge in [0.05, 0.1) is 10.7 Å². The molecule has 4 nitrogen and oxygen atoms in total. The average molecular weight is 291 g/mol. The smallest absolute Gasteiger partial charge is 0.139 e. The topological polar surface area (TPSA) is 49.8 Å². The van der Waals surface area contributed by atoms with Crippen molar-refractivity contribution in [3.63, 3.8) is 0 Å². The van der Waals surface area contributed by atoms with Gasteiger partial charge in [0, 0.05) is 19.0 Å². The molecule has 1 aromatic heterocycles. The Morgan fingerprint density at radius 1 is 1.15 bits per heavy atom. The van der Waals surface area contributed by atoms with Gasteiger partial charge in [0.15, 0.2) is 0 Å². The first-order valence-corrected chi connectivity index (χ1v) is 7.01. The van der Waals surface area contributed by atoms with E-state index in [0.717, 1.165) is 40.7 Å². The van der Waals surface area contributed by atoms with Crippen LogP contribution in [0.2, 0.25) is 5.02 Å². The van der Waals surface area contributed by atoms with Crippen LogP contribution >= 0.6 is 11.6 Å². The molecule has 1 heterocycles. The van der Waals surface area contributed by atoms with Crippen LogP contribution in [-0.2, 0) is 6.42 Å². The summed E-state index contributed by atoms with van der Waals surface area (Å²) in [5.41, 5.74) is 2.95. The van der Waals surface area contributed by atoms with Crippen LogP contribution in [0.25, 0.3) is 0 Å². The molecule has 2 rings (SSSR count). The number of halogens is 1. The number of hydrogen-bond donors (Lipinski definition) is 2. The number of benzene rings is 1. The second-order valence-electron chi connectivity index (χ2n) is 4.67. The van der Waals surface area contributed by atoms with E-state index in [-0.39, 0.29) is 0 Å². The van der Waals surface area contributed by atoms with Crippen molar-refractivity contribution in [1.29, 1.82) is 0 Å². The van der Waals surface area contributed by atoms with E-state index < -0.39 is 0 Å². The molecule has 0 unspecified atom stereocenters. The van der Waals surface area contributed by atoms with E-state index in [1.165, 1.54) is 0 Å². The predicted molar refractivity (Wildman–Crippen MR) is 85.2 cm³/mol. The van der Waals surface area contributed by atoms with Gasteiger partial charge >= 0.3 is 0 Å². The minimum absolute atomic E-state index is 0.687. The van der Waals surface area contributed by atoms with Gasteiger partial charge in [-0.2, -0.15) is 0 Å². The first-order chi connectivity index (χ1) is 9.55. The molecule has 2 N–H and O–H groups in total. The van der Waals surface area contributed by atoms with Crippen LogP contribution in [0.15, 0.2) is 18.2 Å². The molecule has 5 heteroatoms. The number of rotatable bonds is 4. The maximum atomic E-state index is 6.26. The highest BCUT2D eigenvalue weighted by Crippen LogP contribution is 2.28. The summed E-state index contributed by atoms with van der Waals surface area (Å²) >= 11 is 6.26. The summed E-state index contributed by atoms with van der Waals surface area (Å²) in [6, 6.07) is 5.91. The second-order valence-corrected chi connectivity index (χ2v) is 5.08. The van der Waals surface area contributed by atoms with E-state index >= 15 is 0 Å². The molecule has 1 aromatic carbocycles. The van der Waals surface area contributed by atoms with Gasteiger partial charge in [0.2, 0.25) is 0 Å². The summed E-state index contributed by atoms with van der Waals surface area (Å²) < 4.78 is 0. The van der Waals surface area contributed by atoms with Crippen molar-refractivity contribution in [2.75, 3.05) is 17.7 Å². The lowest BCUT2D eigenvalue weighted by Gasteiger charge is -2.14. The third kappa shape index (κ3) is 3.02. The minimum atomic E-state index is 0.687. The fraction of sp³-hybridized carbons (Fsp3) is 0.333. The lowest BCUT2D eigenvalue weighted by atomic mass is 10.2. The van der Waals surface area contributed by atoms with E-state index in [1.807, 2.05) is 46.0 Å². The van der Waals surface area contributed by atoms with Gasteiger partial charge in [-0.05, 0) is 31.5 Å². The number of aromatic nitrogens is 2. The fourth-order valence-corrected chi connectivity index (χ4v) is 2.22. The summed E-state index contributed by atoms with van der Waals surface area (Å²) in [4.78, 5) is 8.99. The molecular formula is C15H19ClN4. The lowest BCUT2D eigenvalue weighted by molar-refractivity contribution is 0.935.